The molecule has 106 valence electrons. The van der Waals surface area contributed by atoms with Crippen molar-refractivity contribution in [1.29, 1.82) is 0 Å². The molecule has 5 nitrogen and oxygen atoms in total. The van der Waals surface area contributed by atoms with Crippen molar-refractivity contribution in [2.45, 2.75) is 11.8 Å². The second-order valence-corrected chi connectivity index (χ2v) is 6.72. The number of benzene rings is 1. The molecular weight excluding hydrogens is 278 g/mol. The summed E-state index contributed by atoms with van der Waals surface area (Å²) >= 11 is 0. The van der Waals surface area contributed by atoms with E-state index in [0.29, 0.717) is 11.3 Å². The van der Waals surface area contributed by atoms with Gasteiger partial charge in [0.25, 0.3) is 0 Å². The molecule has 20 heavy (non-hydrogen) atoms. The molecule has 1 aromatic heterocycles. The second-order valence-electron chi connectivity index (χ2n) is 4.70. The molecule has 0 saturated carbocycles. The zero-order chi connectivity index (χ0) is 15.1. The Labute approximate surface area is 117 Å². The summed E-state index contributed by atoms with van der Waals surface area (Å²) in [6.07, 6.45) is 1.10. The molecule has 0 fully saturated rings. The second kappa shape index (κ2) is 4.79. The van der Waals surface area contributed by atoms with E-state index in [1.54, 1.807) is 6.07 Å². The smallest absolute Gasteiger partial charge is 0.336 e. The number of hydrogen-bond acceptors (Lipinski definition) is 3. The predicted octanol–water partition coefficient (Wildman–Crippen LogP) is 2.10. The van der Waals surface area contributed by atoms with Crippen LogP contribution < -0.4 is 0 Å². The molecule has 1 aromatic carbocycles. The molecule has 1 heterocycles. The number of aromatic nitrogens is 1. The third-order valence-electron chi connectivity index (χ3n) is 3.30. The summed E-state index contributed by atoms with van der Waals surface area (Å²) < 4.78 is 25.1. The lowest BCUT2D eigenvalue weighted by Crippen LogP contribution is -2.05. The minimum absolute atomic E-state index is 0.0820. The van der Waals surface area contributed by atoms with E-state index in [1.807, 2.05) is 24.6 Å². The molecular formula is C14H15NO4S. The fraction of sp³-hybridized carbons (Fsp3) is 0.214. The Hall–Kier alpha value is -2.08. The Bertz CT molecular complexity index is 788. The van der Waals surface area contributed by atoms with Gasteiger partial charge in [0.05, 0.1) is 10.5 Å². The number of carboxylic acids is 1. The lowest BCUT2D eigenvalue weighted by molar-refractivity contribution is 0.0697. The molecule has 0 atom stereocenters. The van der Waals surface area contributed by atoms with Gasteiger partial charge >= 0.3 is 5.97 Å². The normalized spacial score (nSPS) is 11.6. The number of nitrogens with zero attached hydrogens (tertiary/aromatic N) is 1. The van der Waals surface area contributed by atoms with Crippen LogP contribution in [0.5, 0.6) is 0 Å². The van der Waals surface area contributed by atoms with Crippen molar-refractivity contribution in [2.24, 2.45) is 7.05 Å². The van der Waals surface area contributed by atoms with Gasteiger partial charge in [-0.3, -0.25) is 0 Å². The monoisotopic (exact) mass is 293 g/mol. The molecule has 0 aliphatic carbocycles. The Morgan fingerprint density at radius 3 is 2.30 bits per heavy atom. The van der Waals surface area contributed by atoms with Gasteiger partial charge in [-0.05, 0) is 37.3 Å². The topological polar surface area (TPSA) is 76.4 Å². The Balaban J connectivity index is 2.77. The number of rotatable bonds is 3. The maximum absolute atomic E-state index is 11.6. The zero-order valence-corrected chi connectivity index (χ0v) is 12.2. The Morgan fingerprint density at radius 2 is 1.85 bits per heavy atom. The number of carbonyl (C=O) groups is 1. The van der Waals surface area contributed by atoms with E-state index >= 15 is 0 Å². The first-order valence-corrected chi connectivity index (χ1v) is 7.81. The van der Waals surface area contributed by atoms with Crippen molar-refractivity contribution >= 4 is 15.8 Å². The van der Waals surface area contributed by atoms with Crippen LogP contribution in [-0.4, -0.2) is 30.3 Å². The van der Waals surface area contributed by atoms with Gasteiger partial charge < -0.3 is 9.67 Å². The van der Waals surface area contributed by atoms with E-state index in [1.165, 1.54) is 18.2 Å². The largest absolute Gasteiger partial charge is 0.478 e. The first-order valence-electron chi connectivity index (χ1n) is 5.92. The third kappa shape index (κ3) is 2.46. The number of sulfone groups is 1. The highest BCUT2D eigenvalue weighted by Crippen LogP contribution is 2.28. The first-order chi connectivity index (χ1) is 9.21. The van der Waals surface area contributed by atoms with Crippen LogP contribution in [0, 0.1) is 6.92 Å². The van der Waals surface area contributed by atoms with Crippen LogP contribution in [0.15, 0.2) is 35.2 Å². The van der Waals surface area contributed by atoms with E-state index < -0.39 is 15.8 Å². The molecule has 0 radical (unpaired) electrons. The maximum atomic E-state index is 11.6. The molecule has 0 unspecified atom stereocenters. The van der Waals surface area contributed by atoms with Crippen molar-refractivity contribution < 1.29 is 18.3 Å². The van der Waals surface area contributed by atoms with Crippen LogP contribution in [0.3, 0.4) is 0 Å². The van der Waals surface area contributed by atoms with Gasteiger partial charge in [0.2, 0.25) is 0 Å². The average molecular weight is 293 g/mol. The van der Waals surface area contributed by atoms with Crippen molar-refractivity contribution in [3.05, 3.63) is 41.6 Å². The summed E-state index contributed by atoms with van der Waals surface area (Å²) in [5.74, 6) is -1.08. The molecule has 0 bridgehead atoms. The van der Waals surface area contributed by atoms with Crippen molar-refractivity contribution in [3.8, 4) is 11.3 Å². The summed E-state index contributed by atoms with van der Waals surface area (Å²) in [6, 6.07) is 7.69. The van der Waals surface area contributed by atoms with Crippen LogP contribution in [0.2, 0.25) is 0 Å². The van der Waals surface area contributed by atoms with Gasteiger partial charge in [0.1, 0.15) is 0 Å². The quantitative estimate of drug-likeness (QED) is 0.940. The summed E-state index contributed by atoms with van der Waals surface area (Å²) in [6.45, 7) is 1.89. The van der Waals surface area contributed by atoms with Gasteiger partial charge in [0, 0.05) is 30.3 Å². The Kier molecular flexibility index (Phi) is 3.43. The minimum atomic E-state index is -3.38. The highest BCUT2D eigenvalue weighted by atomic mass is 32.2. The average Bonchev–Trinajstić information content (AvgIpc) is 2.68. The predicted molar refractivity (Wildman–Crippen MR) is 75.7 cm³/mol. The van der Waals surface area contributed by atoms with Crippen LogP contribution in [0.4, 0.5) is 0 Å². The van der Waals surface area contributed by atoms with E-state index in [2.05, 4.69) is 0 Å². The van der Waals surface area contributed by atoms with Gasteiger partial charge in [-0.25, -0.2) is 13.2 Å². The van der Waals surface area contributed by atoms with E-state index in [4.69, 9.17) is 0 Å². The number of hydrogen-bond donors (Lipinski definition) is 1. The first kappa shape index (κ1) is 14.3. The molecule has 2 aromatic rings. The van der Waals surface area contributed by atoms with E-state index in [0.717, 1.165) is 11.9 Å². The molecule has 0 saturated heterocycles. The summed E-state index contributed by atoms with van der Waals surface area (Å²) in [4.78, 5) is 11.4. The summed E-state index contributed by atoms with van der Waals surface area (Å²) in [5.41, 5.74) is 2.11. The fourth-order valence-electron chi connectivity index (χ4n) is 2.04. The fourth-order valence-corrected chi connectivity index (χ4v) is 2.68. The summed E-state index contributed by atoms with van der Waals surface area (Å²) in [7, 11) is -1.58. The highest BCUT2D eigenvalue weighted by molar-refractivity contribution is 7.90. The SMILES string of the molecule is Cc1ccc(-c2cc(S(C)(=O)=O)ccc2C(=O)O)n1C. The van der Waals surface area contributed by atoms with Crippen molar-refractivity contribution in [2.75, 3.05) is 6.26 Å². The standard InChI is InChI=1S/C14H15NO4S/c1-9-4-7-13(15(9)2)12-8-10(20(3,18)19)5-6-11(12)14(16)17/h4-8H,1-3H3,(H,16,17). The van der Waals surface area contributed by atoms with Crippen LogP contribution >= 0.6 is 0 Å². The molecule has 0 aliphatic rings. The molecule has 1 N–H and O–H groups in total. The third-order valence-corrected chi connectivity index (χ3v) is 4.41. The molecule has 6 heteroatoms. The van der Waals surface area contributed by atoms with Crippen LogP contribution in [0.25, 0.3) is 11.3 Å². The lowest BCUT2D eigenvalue weighted by atomic mass is 10.0. The van der Waals surface area contributed by atoms with Gasteiger partial charge in [-0.15, -0.1) is 0 Å². The Morgan fingerprint density at radius 1 is 1.20 bits per heavy atom. The van der Waals surface area contributed by atoms with E-state index in [9.17, 15) is 18.3 Å². The molecule has 0 spiro atoms. The van der Waals surface area contributed by atoms with Gasteiger partial charge in [0.15, 0.2) is 9.84 Å². The number of carboxylic acid groups (broad SMARTS) is 1. The molecule has 0 amide bonds. The van der Waals surface area contributed by atoms with Crippen LogP contribution in [-0.2, 0) is 16.9 Å². The van der Waals surface area contributed by atoms with E-state index in [-0.39, 0.29) is 10.5 Å². The number of aryl methyl sites for hydroxylation is 1. The molecule has 0 aliphatic heterocycles. The minimum Gasteiger partial charge on any atom is -0.478 e. The van der Waals surface area contributed by atoms with Crippen molar-refractivity contribution in [3.63, 3.8) is 0 Å². The van der Waals surface area contributed by atoms with Gasteiger partial charge in [-0.2, -0.15) is 0 Å². The highest BCUT2D eigenvalue weighted by Gasteiger charge is 2.18. The maximum Gasteiger partial charge on any atom is 0.336 e. The lowest BCUT2D eigenvalue weighted by Gasteiger charge is -2.10. The number of aromatic carboxylic acids is 1. The van der Waals surface area contributed by atoms with Gasteiger partial charge in [-0.1, -0.05) is 0 Å². The zero-order valence-electron chi connectivity index (χ0n) is 11.4. The van der Waals surface area contributed by atoms with Crippen LogP contribution in [0.1, 0.15) is 16.1 Å². The molecule has 2 rings (SSSR count). The van der Waals surface area contributed by atoms with Crippen molar-refractivity contribution in [1.82, 2.24) is 4.57 Å². The summed E-state index contributed by atoms with van der Waals surface area (Å²) in [5, 5.41) is 9.26.